The normalized spacial score (nSPS) is 13.9. The van der Waals surface area contributed by atoms with Gasteiger partial charge in [-0.3, -0.25) is 9.59 Å². The Bertz CT molecular complexity index is 856. The molecule has 2 aromatic rings. The van der Waals surface area contributed by atoms with Crippen LogP contribution in [0.25, 0.3) is 10.2 Å². The molecule has 1 aliphatic rings. The molecular formula is C20H29N3O3S. The topological polar surface area (TPSA) is 75.3 Å². The molecule has 0 bridgehead atoms. The summed E-state index contributed by atoms with van der Waals surface area (Å²) in [5, 5.41) is 0.770. The van der Waals surface area contributed by atoms with E-state index in [9.17, 15) is 9.59 Å². The van der Waals surface area contributed by atoms with E-state index in [-0.39, 0.29) is 11.5 Å². The van der Waals surface area contributed by atoms with Crippen molar-refractivity contribution < 1.29 is 9.53 Å². The first kappa shape index (κ1) is 20.0. The maximum atomic E-state index is 12.6. The summed E-state index contributed by atoms with van der Waals surface area (Å²) in [5.41, 5.74) is 1.14. The number of ether oxygens (including phenoxy) is 1. The third-order valence-corrected chi connectivity index (χ3v) is 6.14. The summed E-state index contributed by atoms with van der Waals surface area (Å²) in [6.07, 6.45) is 5.15. The molecule has 27 heavy (non-hydrogen) atoms. The average molecular weight is 392 g/mol. The van der Waals surface area contributed by atoms with Crippen LogP contribution < -0.4 is 5.56 Å². The maximum Gasteiger partial charge on any atom is 0.259 e. The Morgan fingerprint density at radius 2 is 2.11 bits per heavy atom. The van der Waals surface area contributed by atoms with Gasteiger partial charge in [-0.1, -0.05) is 13.8 Å². The summed E-state index contributed by atoms with van der Waals surface area (Å²) in [4.78, 5) is 36.8. The molecule has 1 N–H and O–H groups in total. The lowest BCUT2D eigenvalue weighted by atomic mass is 9.97. The van der Waals surface area contributed by atoms with Crippen molar-refractivity contribution in [2.75, 3.05) is 26.8 Å². The minimum absolute atomic E-state index is 0.0553. The Balaban J connectivity index is 1.72. The van der Waals surface area contributed by atoms with Crippen molar-refractivity contribution in [2.24, 2.45) is 5.92 Å². The van der Waals surface area contributed by atoms with E-state index in [4.69, 9.17) is 4.74 Å². The van der Waals surface area contributed by atoms with Gasteiger partial charge in [0, 0.05) is 37.9 Å². The zero-order valence-corrected chi connectivity index (χ0v) is 17.3. The Morgan fingerprint density at radius 3 is 2.85 bits per heavy atom. The minimum Gasteiger partial charge on any atom is -0.383 e. The molecule has 0 aliphatic heterocycles. The van der Waals surface area contributed by atoms with E-state index >= 15 is 0 Å². The highest BCUT2D eigenvalue weighted by atomic mass is 32.1. The number of aromatic nitrogens is 2. The second kappa shape index (κ2) is 8.97. The molecule has 6 nitrogen and oxygen atoms in total. The van der Waals surface area contributed by atoms with Crippen molar-refractivity contribution in [3.05, 3.63) is 26.6 Å². The van der Waals surface area contributed by atoms with Crippen LogP contribution in [0.2, 0.25) is 0 Å². The Hall–Kier alpha value is -1.73. The summed E-state index contributed by atoms with van der Waals surface area (Å²) in [6.45, 7) is 6.02. The van der Waals surface area contributed by atoms with Gasteiger partial charge in [-0.05, 0) is 37.2 Å². The highest BCUT2D eigenvalue weighted by molar-refractivity contribution is 7.18. The summed E-state index contributed by atoms with van der Waals surface area (Å²) >= 11 is 1.65. The van der Waals surface area contributed by atoms with E-state index in [1.165, 1.54) is 16.9 Å². The lowest BCUT2D eigenvalue weighted by Crippen LogP contribution is -2.37. The molecule has 0 aromatic carbocycles. The number of aryl methyl sites for hydroxylation is 3. The highest BCUT2D eigenvalue weighted by Gasteiger charge is 2.20. The number of amides is 1. The van der Waals surface area contributed by atoms with Gasteiger partial charge in [0.25, 0.3) is 5.56 Å². The Morgan fingerprint density at radius 1 is 1.33 bits per heavy atom. The molecule has 0 radical (unpaired) electrons. The number of carbonyl (C=O) groups is 1. The number of nitrogens with zero attached hydrogens (tertiary/aromatic N) is 2. The van der Waals surface area contributed by atoms with Crippen molar-refractivity contribution in [1.82, 2.24) is 14.9 Å². The molecule has 1 aliphatic carbocycles. The number of H-pyrrole nitrogens is 1. The maximum absolute atomic E-state index is 12.6. The molecule has 0 spiro atoms. The van der Waals surface area contributed by atoms with Gasteiger partial charge in [0.1, 0.15) is 10.7 Å². The monoisotopic (exact) mass is 391 g/mol. The van der Waals surface area contributed by atoms with Gasteiger partial charge in [-0.25, -0.2) is 4.98 Å². The number of nitrogens with one attached hydrogen (secondary N) is 1. The zero-order chi connectivity index (χ0) is 19.4. The minimum atomic E-state index is -0.0553. The van der Waals surface area contributed by atoms with Gasteiger partial charge < -0.3 is 14.6 Å². The van der Waals surface area contributed by atoms with Gasteiger partial charge in [0.2, 0.25) is 5.91 Å². The first-order valence-corrected chi connectivity index (χ1v) is 10.6. The van der Waals surface area contributed by atoms with Gasteiger partial charge in [-0.2, -0.15) is 0 Å². The lowest BCUT2D eigenvalue weighted by molar-refractivity contribution is -0.132. The molecule has 3 rings (SSSR count). The molecule has 0 saturated carbocycles. The second-order valence-electron chi connectivity index (χ2n) is 7.63. The summed E-state index contributed by atoms with van der Waals surface area (Å²) < 4.78 is 5.12. The quantitative estimate of drug-likeness (QED) is 0.751. The van der Waals surface area contributed by atoms with Crippen LogP contribution in [0, 0.1) is 5.92 Å². The number of fused-ring (bicyclic) bond motifs is 3. The molecular weight excluding hydrogens is 362 g/mol. The summed E-state index contributed by atoms with van der Waals surface area (Å²) in [7, 11) is 1.64. The molecule has 0 atom stereocenters. The first-order valence-electron chi connectivity index (χ1n) is 9.79. The van der Waals surface area contributed by atoms with Crippen LogP contribution in [0.5, 0.6) is 0 Å². The van der Waals surface area contributed by atoms with E-state index in [0.29, 0.717) is 44.3 Å². The summed E-state index contributed by atoms with van der Waals surface area (Å²) in [6, 6.07) is 0. The standard InChI is InChI=1S/C20H29N3O3S/c1-13(2)12-23(10-11-26-3)17(24)9-8-16-21-19(25)18-14-6-4-5-7-15(14)27-20(18)22-16/h13H,4-12H2,1-3H3,(H,21,22,25). The van der Waals surface area contributed by atoms with Crippen molar-refractivity contribution in [3.63, 3.8) is 0 Å². The van der Waals surface area contributed by atoms with Crippen LogP contribution in [0.4, 0.5) is 0 Å². The van der Waals surface area contributed by atoms with E-state index in [1.54, 1.807) is 18.4 Å². The molecule has 148 valence electrons. The molecule has 2 aromatic heterocycles. The molecule has 0 saturated heterocycles. The Labute approximate surface area is 163 Å². The van der Waals surface area contributed by atoms with Crippen LogP contribution >= 0.6 is 11.3 Å². The molecule has 0 fully saturated rings. The SMILES string of the molecule is COCCN(CC(C)C)C(=O)CCc1nc2sc3c(c2c(=O)[nH]1)CCCC3. The van der Waals surface area contributed by atoms with Crippen LogP contribution in [-0.4, -0.2) is 47.6 Å². The number of aromatic amines is 1. The number of hydrogen-bond donors (Lipinski definition) is 1. The number of methoxy groups -OCH3 is 1. The third-order valence-electron chi connectivity index (χ3n) is 4.95. The van der Waals surface area contributed by atoms with Gasteiger partial charge in [0.15, 0.2) is 0 Å². The molecule has 0 unspecified atom stereocenters. The second-order valence-corrected chi connectivity index (χ2v) is 8.71. The Kier molecular flexibility index (Phi) is 6.65. The van der Waals surface area contributed by atoms with E-state index in [0.717, 1.165) is 29.5 Å². The zero-order valence-electron chi connectivity index (χ0n) is 16.5. The molecule has 2 heterocycles. The fraction of sp³-hybridized carbons (Fsp3) is 0.650. The predicted octanol–water partition coefficient (Wildman–Crippen LogP) is 2.93. The van der Waals surface area contributed by atoms with Gasteiger partial charge in [0.05, 0.1) is 12.0 Å². The fourth-order valence-electron chi connectivity index (χ4n) is 3.67. The van der Waals surface area contributed by atoms with E-state index in [2.05, 4.69) is 23.8 Å². The van der Waals surface area contributed by atoms with Crippen molar-refractivity contribution in [1.29, 1.82) is 0 Å². The number of hydrogen-bond acceptors (Lipinski definition) is 5. The van der Waals surface area contributed by atoms with Crippen LogP contribution in [0.3, 0.4) is 0 Å². The predicted molar refractivity (Wildman–Crippen MR) is 108 cm³/mol. The largest absolute Gasteiger partial charge is 0.383 e. The summed E-state index contributed by atoms with van der Waals surface area (Å²) in [5.74, 6) is 1.09. The smallest absolute Gasteiger partial charge is 0.259 e. The van der Waals surface area contributed by atoms with E-state index < -0.39 is 0 Å². The third kappa shape index (κ3) is 4.76. The number of rotatable bonds is 8. The highest BCUT2D eigenvalue weighted by Crippen LogP contribution is 2.33. The van der Waals surface area contributed by atoms with E-state index in [1.807, 2.05) is 4.90 Å². The van der Waals surface area contributed by atoms with Gasteiger partial charge in [-0.15, -0.1) is 11.3 Å². The first-order chi connectivity index (χ1) is 13.0. The van der Waals surface area contributed by atoms with Crippen LogP contribution in [0.1, 0.15) is 49.4 Å². The number of carbonyl (C=O) groups excluding carboxylic acids is 1. The lowest BCUT2D eigenvalue weighted by Gasteiger charge is -2.24. The van der Waals surface area contributed by atoms with Crippen molar-refractivity contribution >= 4 is 27.5 Å². The fourth-order valence-corrected chi connectivity index (χ4v) is 4.95. The molecule has 1 amide bonds. The van der Waals surface area contributed by atoms with Crippen molar-refractivity contribution in [2.45, 2.75) is 52.4 Å². The van der Waals surface area contributed by atoms with Gasteiger partial charge >= 0.3 is 0 Å². The number of thiophene rings is 1. The van der Waals surface area contributed by atoms with Crippen LogP contribution in [0.15, 0.2) is 4.79 Å². The van der Waals surface area contributed by atoms with Crippen molar-refractivity contribution in [3.8, 4) is 0 Å². The molecule has 7 heteroatoms. The average Bonchev–Trinajstić information content (AvgIpc) is 3.01. The van der Waals surface area contributed by atoms with Crippen LogP contribution in [-0.2, 0) is 28.8 Å².